The fraction of sp³-hybridized carbons (Fsp3) is 0.389. The molecule has 0 spiro atoms. The molecule has 0 unspecified atom stereocenters. The highest BCUT2D eigenvalue weighted by atomic mass is 35.5. The average Bonchev–Trinajstić information content (AvgIpc) is 2.56. The molecule has 1 aromatic carbocycles. The molecule has 0 aliphatic rings. The minimum absolute atomic E-state index is 0. The second-order valence-corrected chi connectivity index (χ2v) is 5.11. The van der Waals surface area contributed by atoms with Crippen molar-refractivity contribution in [1.82, 2.24) is 9.88 Å². The second kappa shape index (κ2) is 10.2. The Kier molecular flexibility index (Phi) is 8.56. The summed E-state index contributed by atoms with van der Waals surface area (Å²) in [5.74, 6) is 0. The second-order valence-electron chi connectivity index (χ2n) is 5.11. The van der Waals surface area contributed by atoms with Gasteiger partial charge in [0.05, 0.1) is 12.2 Å². The van der Waals surface area contributed by atoms with Crippen LogP contribution in [0.3, 0.4) is 0 Å². The molecule has 0 saturated carbocycles. The zero-order valence-corrected chi connectivity index (χ0v) is 14.3. The average molecular weight is 320 g/mol. The molecule has 2 aromatic rings. The first-order valence-corrected chi connectivity index (χ1v) is 7.75. The van der Waals surface area contributed by atoms with E-state index in [1.54, 1.807) is 0 Å². The Labute approximate surface area is 140 Å². The first-order valence-electron chi connectivity index (χ1n) is 7.75. The lowest BCUT2D eigenvalue weighted by Crippen LogP contribution is -2.35. The van der Waals surface area contributed by atoms with Gasteiger partial charge in [-0.25, -0.2) is 0 Å². The molecule has 0 aliphatic heterocycles. The number of anilines is 1. The SMILES string of the molecule is CCN(CC)CCN(Cc1ccccn1)c1ccccc1.Cl. The monoisotopic (exact) mass is 319 g/mol. The molecule has 0 N–H and O–H groups in total. The normalized spacial score (nSPS) is 10.3. The van der Waals surface area contributed by atoms with Crippen LogP contribution in [0.1, 0.15) is 19.5 Å². The lowest BCUT2D eigenvalue weighted by atomic mass is 10.2. The topological polar surface area (TPSA) is 19.4 Å². The summed E-state index contributed by atoms with van der Waals surface area (Å²) in [5, 5.41) is 0. The van der Waals surface area contributed by atoms with E-state index in [0.717, 1.165) is 38.4 Å². The van der Waals surface area contributed by atoms with Crippen LogP contribution in [0.25, 0.3) is 0 Å². The summed E-state index contributed by atoms with van der Waals surface area (Å²) in [6, 6.07) is 16.7. The summed E-state index contributed by atoms with van der Waals surface area (Å²) in [4.78, 5) is 9.31. The highest BCUT2D eigenvalue weighted by molar-refractivity contribution is 5.85. The van der Waals surface area contributed by atoms with Crippen LogP contribution in [0.4, 0.5) is 5.69 Å². The molecular weight excluding hydrogens is 294 g/mol. The third-order valence-electron chi connectivity index (χ3n) is 3.78. The van der Waals surface area contributed by atoms with Crippen molar-refractivity contribution in [2.24, 2.45) is 0 Å². The first kappa shape index (κ1) is 18.5. The molecule has 0 amide bonds. The van der Waals surface area contributed by atoms with Crippen LogP contribution >= 0.6 is 12.4 Å². The predicted octanol–water partition coefficient (Wildman–Crippen LogP) is 3.85. The van der Waals surface area contributed by atoms with Gasteiger partial charge in [0.1, 0.15) is 0 Å². The summed E-state index contributed by atoms with van der Waals surface area (Å²) in [6.07, 6.45) is 1.86. The van der Waals surface area contributed by atoms with Gasteiger partial charge in [-0.1, -0.05) is 38.1 Å². The predicted molar refractivity (Wildman–Crippen MR) is 96.8 cm³/mol. The molecule has 1 heterocycles. The van der Waals surface area contributed by atoms with Crippen LogP contribution in [0.15, 0.2) is 54.7 Å². The van der Waals surface area contributed by atoms with Gasteiger partial charge >= 0.3 is 0 Å². The van der Waals surface area contributed by atoms with Crippen LogP contribution in [0.5, 0.6) is 0 Å². The number of para-hydroxylation sites is 1. The Morgan fingerprint density at radius 2 is 1.55 bits per heavy atom. The molecule has 0 bridgehead atoms. The van der Waals surface area contributed by atoms with Gasteiger partial charge in [-0.05, 0) is 37.4 Å². The molecular formula is C18H26ClN3. The summed E-state index contributed by atoms with van der Waals surface area (Å²) < 4.78 is 0. The number of halogens is 1. The lowest BCUT2D eigenvalue weighted by Gasteiger charge is -2.28. The molecule has 22 heavy (non-hydrogen) atoms. The molecule has 0 atom stereocenters. The number of benzene rings is 1. The number of pyridine rings is 1. The maximum Gasteiger partial charge on any atom is 0.0602 e. The minimum atomic E-state index is 0. The van der Waals surface area contributed by atoms with Gasteiger partial charge in [0.25, 0.3) is 0 Å². The fourth-order valence-corrected chi connectivity index (χ4v) is 2.43. The Hall–Kier alpha value is -1.58. The van der Waals surface area contributed by atoms with Gasteiger partial charge < -0.3 is 9.80 Å². The lowest BCUT2D eigenvalue weighted by molar-refractivity contribution is 0.309. The molecule has 2 rings (SSSR count). The summed E-state index contributed by atoms with van der Waals surface area (Å²) >= 11 is 0. The molecule has 0 aliphatic carbocycles. The van der Waals surface area contributed by atoms with Gasteiger partial charge in [0.2, 0.25) is 0 Å². The van der Waals surface area contributed by atoms with Crippen molar-refractivity contribution < 1.29 is 0 Å². The zero-order valence-electron chi connectivity index (χ0n) is 13.5. The summed E-state index contributed by atoms with van der Waals surface area (Å²) in [5.41, 5.74) is 2.37. The number of hydrogen-bond acceptors (Lipinski definition) is 3. The van der Waals surface area contributed by atoms with Gasteiger partial charge in [-0.3, -0.25) is 4.98 Å². The molecule has 1 aromatic heterocycles. The van der Waals surface area contributed by atoms with Crippen molar-refractivity contribution in [2.45, 2.75) is 20.4 Å². The van der Waals surface area contributed by atoms with E-state index in [1.165, 1.54) is 5.69 Å². The first-order chi connectivity index (χ1) is 10.3. The van der Waals surface area contributed by atoms with Gasteiger partial charge in [-0.15, -0.1) is 12.4 Å². The number of rotatable bonds is 8. The van der Waals surface area contributed by atoms with Crippen molar-refractivity contribution in [3.05, 3.63) is 60.4 Å². The Balaban J connectivity index is 0.00000242. The minimum Gasteiger partial charge on any atom is -0.364 e. The Morgan fingerprint density at radius 1 is 0.864 bits per heavy atom. The van der Waals surface area contributed by atoms with Crippen molar-refractivity contribution in [1.29, 1.82) is 0 Å². The Morgan fingerprint density at radius 3 is 2.14 bits per heavy atom. The number of nitrogens with zero attached hydrogens (tertiary/aromatic N) is 3. The van der Waals surface area contributed by atoms with E-state index in [4.69, 9.17) is 0 Å². The highest BCUT2D eigenvalue weighted by Crippen LogP contribution is 2.15. The van der Waals surface area contributed by atoms with E-state index in [0.29, 0.717) is 0 Å². The quantitative estimate of drug-likeness (QED) is 0.736. The van der Waals surface area contributed by atoms with Crippen LogP contribution < -0.4 is 4.90 Å². The van der Waals surface area contributed by atoms with Crippen LogP contribution in [-0.4, -0.2) is 36.1 Å². The molecule has 0 saturated heterocycles. The number of hydrogen-bond donors (Lipinski definition) is 0. The van der Waals surface area contributed by atoms with E-state index in [9.17, 15) is 0 Å². The number of likely N-dealkylation sites (N-methyl/N-ethyl adjacent to an activating group) is 1. The van der Waals surface area contributed by atoms with Crippen LogP contribution in [-0.2, 0) is 6.54 Å². The summed E-state index contributed by atoms with van der Waals surface area (Å²) in [6.45, 7) is 9.58. The Bertz CT molecular complexity index is 500. The maximum absolute atomic E-state index is 4.46. The van der Waals surface area contributed by atoms with Crippen LogP contribution in [0, 0.1) is 0 Å². The van der Waals surface area contributed by atoms with E-state index >= 15 is 0 Å². The third-order valence-corrected chi connectivity index (χ3v) is 3.78. The van der Waals surface area contributed by atoms with Gasteiger partial charge in [-0.2, -0.15) is 0 Å². The van der Waals surface area contributed by atoms with Crippen molar-refractivity contribution in [3.63, 3.8) is 0 Å². The highest BCUT2D eigenvalue weighted by Gasteiger charge is 2.09. The number of aromatic nitrogens is 1. The maximum atomic E-state index is 4.46. The fourth-order valence-electron chi connectivity index (χ4n) is 2.43. The van der Waals surface area contributed by atoms with Crippen molar-refractivity contribution >= 4 is 18.1 Å². The zero-order chi connectivity index (χ0) is 14.9. The molecule has 0 fully saturated rings. The van der Waals surface area contributed by atoms with Gasteiger partial charge in [0, 0.05) is 25.0 Å². The van der Waals surface area contributed by atoms with E-state index in [-0.39, 0.29) is 12.4 Å². The molecule has 3 nitrogen and oxygen atoms in total. The molecule has 0 radical (unpaired) electrons. The largest absolute Gasteiger partial charge is 0.364 e. The van der Waals surface area contributed by atoms with Crippen molar-refractivity contribution in [2.75, 3.05) is 31.1 Å². The van der Waals surface area contributed by atoms with Gasteiger partial charge in [0.15, 0.2) is 0 Å². The smallest absolute Gasteiger partial charge is 0.0602 e. The standard InChI is InChI=1S/C18H25N3.ClH/c1-3-20(4-2)14-15-21(18-11-6-5-7-12-18)16-17-10-8-9-13-19-17;/h5-13H,3-4,14-16H2,1-2H3;1H. The van der Waals surface area contributed by atoms with E-state index in [2.05, 4.69) is 71.1 Å². The summed E-state index contributed by atoms with van der Waals surface area (Å²) in [7, 11) is 0. The van der Waals surface area contributed by atoms with Crippen molar-refractivity contribution in [3.8, 4) is 0 Å². The third kappa shape index (κ3) is 5.66. The molecule has 4 heteroatoms. The van der Waals surface area contributed by atoms with E-state index in [1.807, 2.05) is 12.3 Å². The van der Waals surface area contributed by atoms with E-state index < -0.39 is 0 Å². The van der Waals surface area contributed by atoms with Crippen LogP contribution in [0.2, 0.25) is 0 Å². The molecule has 120 valence electrons.